The van der Waals surface area contributed by atoms with Crippen LogP contribution in [0.1, 0.15) is 0 Å². The molecule has 0 spiro atoms. The molecule has 0 aliphatic carbocycles. The van der Waals surface area contributed by atoms with Crippen molar-refractivity contribution in [2.75, 3.05) is 0 Å². The summed E-state index contributed by atoms with van der Waals surface area (Å²) < 4.78 is 34.6. The molecule has 12 heterocycles. The number of aromatic nitrogens is 15. The number of rotatable bonds is 10. The van der Waals surface area contributed by atoms with E-state index in [1.165, 1.54) is 83.5 Å². The van der Waals surface area contributed by atoms with E-state index in [1.807, 2.05) is 85.1 Å². The van der Waals surface area contributed by atoms with Crippen LogP contribution in [-0.2, 0) is 0 Å². The first-order chi connectivity index (χ1) is 65.4. The molecule has 19 heteroatoms. The van der Waals surface area contributed by atoms with Gasteiger partial charge in [0, 0.05) is 137 Å². The van der Waals surface area contributed by atoms with Crippen LogP contribution in [0.25, 0.3) is 263 Å². The lowest BCUT2D eigenvalue weighted by Gasteiger charge is -2.16. The summed E-state index contributed by atoms with van der Waals surface area (Å²) in [5, 5.41) is 15.9. The van der Waals surface area contributed by atoms with E-state index in [0.29, 0.717) is 0 Å². The van der Waals surface area contributed by atoms with Crippen molar-refractivity contribution < 1.29 is 0 Å². The molecule has 28 rings (SSSR count). The molecule has 12 aromatic heterocycles. The third kappa shape index (κ3) is 12.9. The lowest BCUT2D eigenvalue weighted by atomic mass is 9.97. The minimum atomic E-state index is 0.730. The number of hydrogen-bond acceptors (Lipinski definition) is 17. The molecular weight excluding hydrogens is 1700 g/mol. The maximum absolute atomic E-state index is 5.23. The Morgan fingerprint density at radius 1 is 0.212 bits per heavy atom. The van der Waals surface area contributed by atoms with Crippen LogP contribution in [-0.4, -0.2) is 70.3 Å². The standard InChI is InChI=1S/C49H29N5S.C35H19N5S2.C29H17N5S/c1-6-16-41-39(15-1)47-40(25-26-42-49(47)52-55-51-42)48(50-41)31-23-21-30(22-24-31)32-27-33(53-43-17-7-2-11-35(43)36-12-3-8-18-44(36)53)29-34(28-32)54-45-19-9-4-13-37(45)38-14-5-10-20-46(38)54;1-2-8-22(9-3-1)35-37-31(34-32(38-35)24-11-5-7-13-28(24)41-34)21-16-14-20(15-17-21)30-25-18-19-27-33(40-42-39-27)29(25)23-10-4-6-12-26(23)36-30;1-2-6-23-21(5-1)27-22(13-15-26-29(27)34-35-33-26)28(32-23)19-10-8-18(9-11-19)20-12-14-25(31-17-20)24-7-3-4-16-30-24/h1-29H;1-19H;1-17H. The van der Waals surface area contributed by atoms with Crippen LogP contribution >= 0.6 is 46.5 Å². The van der Waals surface area contributed by atoms with Crippen LogP contribution in [0.2, 0.25) is 0 Å². The summed E-state index contributed by atoms with van der Waals surface area (Å²) in [7, 11) is 0. The van der Waals surface area contributed by atoms with E-state index in [2.05, 4.69) is 344 Å². The monoisotopic (exact) mass is 1760 g/mol. The Morgan fingerprint density at radius 3 is 1.02 bits per heavy atom. The Morgan fingerprint density at radius 2 is 0.583 bits per heavy atom. The quantitative estimate of drug-likeness (QED) is 0.118. The second kappa shape index (κ2) is 31.6. The number of hydrogen-bond donors (Lipinski definition) is 0. The minimum Gasteiger partial charge on any atom is -0.309 e. The highest BCUT2D eigenvalue weighted by Gasteiger charge is 2.24. The van der Waals surface area contributed by atoms with Gasteiger partial charge in [0.2, 0.25) is 0 Å². The zero-order valence-corrected chi connectivity index (χ0v) is 73.1. The minimum absolute atomic E-state index is 0.730. The fourth-order valence-corrected chi connectivity index (χ4v) is 21.9. The number of thiophene rings is 1. The Kier molecular flexibility index (Phi) is 18.3. The molecule has 616 valence electrons. The van der Waals surface area contributed by atoms with Crippen molar-refractivity contribution in [2.24, 2.45) is 0 Å². The molecule has 0 fully saturated rings. The summed E-state index contributed by atoms with van der Waals surface area (Å²) in [5.41, 5.74) is 31.5. The van der Waals surface area contributed by atoms with E-state index in [4.69, 9.17) is 29.3 Å². The van der Waals surface area contributed by atoms with Crippen LogP contribution in [0.3, 0.4) is 0 Å². The maximum atomic E-state index is 5.23. The highest BCUT2D eigenvalue weighted by Crippen LogP contribution is 2.46. The van der Waals surface area contributed by atoms with Gasteiger partial charge in [0.05, 0.1) is 118 Å². The lowest BCUT2D eigenvalue weighted by molar-refractivity contribution is 1.13. The molecule has 0 N–H and O–H groups in total. The predicted octanol–water partition coefficient (Wildman–Crippen LogP) is 29.7. The zero-order valence-electron chi connectivity index (χ0n) is 69.9. The summed E-state index contributed by atoms with van der Waals surface area (Å²) in [4.78, 5) is 34.6. The van der Waals surface area contributed by atoms with Crippen molar-refractivity contribution in [1.82, 2.24) is 70.3 Å². The van der Waals surface area contributed by atoms with E-state index in [1.54, 1.807) is 17.5 Å². The zero-order chi connectivity index (χ0) is 86.9. The van der Waals surface area contributed by atoms with E-state index < -0.39 is 0 Å². The molecule has 0 amide bonds. The molecule has 0 saturated heterocycles. The van der Waals surface area contributed by atoms with Gasteiger partial charge in [-0.1, -0.05) is 261 Å². The molecule has 0 aliphatic heterocycles. The molecule has 0 radical (unpaired) electrons. The summed E-state index contributed by atoms with van der Waals surface area (Å²) in [6, 6.07) is 134. The molecule has 132 heavy (non-hydrogen) atoms. The second-order valence-electron chi connectivity index (χ2n) is 32.7. The molecule has 15 nitrogen and oxygen atoms in total. The summed E-state index contributed by atoms with van der Waals surface area (Å²) >= 11 is 5.49. The van der Waals surface area contributed by atoms with Crippen LogP contribution in [0.5, 0.6) is 0 Å². The Bertz CT molecular complexity index is 9250. The number of benzene rings is 16. The topological polar surface area (TPSA) is 177 Å². The van der Waals surface area contributed by atoms with Gasteiger partial charge >= 0.3 is 0 Å². The van der Waals surface area contributed by atoms with Gasteiger partial charge in [-0.15, -0.1) is 11.3 Å². The Balaban J connectivity index is 0.000000107. The van der Waals surface area contributed by atoms with Crippen molar-refractivity contribution in [2.45, 2.75) is 0 Å². The van der Waals surface area contributed by atoms with Gasteiger partial charge in [0.1, 0.15) is 33.1 Å². The van der Waals surface area contributed by atoms with E-state index in [9.17, 15) is 0 Å². The highest BCUT2D eigenvalue weighted by molar-refractivity contribution is 7.26. The summed E-state index contributed by atoms with van der Waals surface area (Å²) in [5.74, 6) is 0.730. The molecule has 0 bridgehead atoms. The Hall–Kier alpha value is -16.8. The van der Waals surface area contributed by atoms with E-state index >= 15 is 0 Å². The highest BCUT2D eigenvalue weighted by atomic mass is 32.1. The summed E-state index contributed by atoms with van der Waals surface area (Å²) in [6.07, 6.45) is 3.68. The number of nitrogens with zero attached hydrogens (tertiary/aromatic N) is 15. The average molecular weight is 1760 g/mol. The Labute approximate surface area is 768 Å². The van der Waals surface area contributed by atoms with Crippen molar-refractivity contribution in [3.05, 3.63) is 395 Å². The number of para-hydroxylation sites is 7. The largest absolute Gasteiger partial charge is 0.309 e. The van der Waals surface area contributed by atoms with Gasteiger partial charge in [-0.2, -0.15) is 26.2 Å². The van der Waals surface area contributed by atoms with Gasteiger partial charge < -0.3 is 9.13 Å². The van der Waals surface area contributed by atoms with E-state index in [-0.39, 0.29) is 0 Å². The fourth-order valence-electron chi connectivity index (χ4n) is 19.1. The lowest BCUT2D eigenvalue weighted by Crippen LogP contribution is -2.00. The van der Waals surface area contributed by atoms with Crippen molar-refractivity contribution in [3.8, 4) is 101 Å². The second-order valence-corrected chi connectivity index (χ2v) is 35.3. The van der Waals surface area contributed by atoms with Gasteiger partial charge in [0.25, 0.3) is 0 Å². The third-order valence-corrected chi connectivity index (χ3v) is 28.0. The average Bonchev–Trinajstić information content (AvgIpc) is 1.03. The van der Waals surface area contributed by atoms with Crippen molar-refractivity contribution >= 4 is 209 Å². The normalized spacial score (nSPS) is 11.8. The van der Waals surface area contributed by atoms with E-state index in [0.717, 1.165) is 215 Å². The first kappa shape index (κ1) is 76.4. The fraction of sp³-hybridized carbons (Fsp3) is 0. The third-order valence-electron chi connectivity index (χ3n) is 25.2. The first-order valence-electron chi connectivity index (χ1n) is 43.3. The van der Waals surface area contributed by atoms with Crippen LogP contribution in [0, 0.1) is 0 Å². The molecule has 28 aromatic rings. The molecule has 0 aliphatic rings. The smallest absolute Gasteiger partial charge is 0.160 e. The molecular formula is C113H65N15S4. The van der Waals surface area contributed by atoms with Crippen LogP contribution in [0.4, 0.5) is 0 Å². The van der Waals surface area contributed by atoms with Gasteiger partial charge in [0.15, 0.2) is 5.82 Å². The molecule has 16 aromatic carbocycles. The predicted molar refractivity (Wildman–Crippen MR) is 547 cm³/mol. The molecule has 0 unspecified atom stereocenters. The molecule has 0 saturated carbocycles. The SMILES string of the molecule is c1ccc(-c2ccc(-c3ccc(-c4nc5ccccc5c5c4ccc4nsnc45)cc3)cn2)nc1.c1ccc(-c2nc(-c3ccc(-c4nc5ccccc5c5c4ccc4nsnc45)cc3)c3sc4ccccc4c3n2)cc1.c1ccc2c(c1)nc(-c1ccc(-c3cc(-n4c5ccccc5c5ccccc54)cc(-n4c5ccccc5c5ccccc54)c3)cc1)c1ccc3nsnc3c12. The molecule has 0 atom stereocenters. The summed E-state index contributed by atoms with van der Waals surface area (Å²) in [6.45, 7) is 0. The van der Waals surface area contributed by atoms with Crippen LogP contribution < -0.4 is 0 Å². The van der Waals surface area contributed by atoms with Gasteiger partial charge in [-0.3, -0.25) is 9.97 Å². The van der Waals surface area contributed by atoms with Crippen molar-refractivity contribution in [1.29, 1.82) is 0 Å². The number of pyridine rings is 5. The van der Waals surface area contributed by atoms with Crippen LogP contribution in [0.15, 0.2) is 395 Å². The number of fused-ring (bicyclic) bond motifs is 24. The van der Waals surface area contributed by atoms with Crippen molar-refractivity contribution in [3.63, 3.8) is 0 Å². The first-order valence-corrected chi connectivity index (χ1v) is 46.3. The van der Waals surface area contributed by atoms with Gasteiger partial charge in [-0.25, -0.2) is 24.9 Å². The van der Waals surface area contributed by atoms with Gasteiger partial charge in [-0.05, 0) is 138 Å². The maximum Gasteiger partial charge on any atom is 0.160 e.